The number of para-hydroxylation sites is 2. The van der Waals surface area contributed by atoms with Gasteiger partial charge in [0.15, 0.2) is 0 Å². The summed E-state index contributed by atoms with van der Waals surface area (Å²) in [5.74, 6) is 0.625. The van der Waals surface area contributed by atoms with Crippen LogP contribution in [0.4, 0.5) is 13.2 Å². The minimum Gasteiger partial charge on any atom is -0.489 e. The third-order valence-corrected chi connectivity index (χ3v) is 10.1. The molecule has 1 fully saturated rings. The van der Waals surface area contributed by atoms with Crippen molar-refractivity contribution in [3.63, 3.8) is 0 Å². The predicted octanol–water partition coefficient (Wildman–Crippen LogP) is 6.80. The van der Waals surface area contributed by atoms with Gasteiger partial charge in [0, 0.05) is 6.54 Å². The number of ether oxygens (including phenoxy) is 1. The Balaban J connectivity index is 1.24. The highest BCUT2D eigenvalue weighted by Crippen LogP contribution is 2.33. The summed E-state index contributed by atoms with van der Waals surface area (Å²) in [6.07, 6.45) is -3.09. The first-order valence-electron chi connectivity index (χ1n) is 15.3. The SMILES string of the molecule is O=C(N[C@@H](Cc1ccc(OCc2ccccc2)cc1)c1nc2ccccc2[nH]1)[C@@H]1CCCCN1S(=O)(=O)c1cccc(C(F)(F)F)c1. The van der Waals surface area contributed by atoms with Crippen LogP contribution in [-0.4, -0.2) is 41.2 Å². The molecule has 0 bridgehead atoms. The quantitative estimate of drug-likeness (QED) is 0.171. The molecule has 2 atom stereocenters. The molecule has 1 aliphatic rings. The number of aromatic nitrogens is 2. The first kappa shape index (κ1) is 32.3. The first-order chi connectivity index (χ1) is 22.6. The van der Waals surface area contributed by atoms with Crippen LogP contribution in [0.25, 0.3) is 11.0 Å². The van der Waals surface area contributed by atoms with E-state index in [1.54, 1.807) is 0 Å². The lowest BCUT2D eigenvalue weighted by Gasteiger charge is -2.34. The third kappa shape index (κ3) is 7.50. The molecule has 5 aromatic rings. The number of nitrogens with one attached hydrogen (secondary N) is 2. The number of sulfonamides is 1. The lowest BCUT2D eigenvalue weighted by Crippen LogP contribution is -2.52. The summed E-state index contributed by atoms with van der Waals surface area (Å²) in [6, 6.07) is 26.6. The number of alkyl halides is 3. The number of benzene rings is 4. The molecule has 0 unspecified atom stereocenters. The molecule has 244 valence electrons. The third-order valence-electron chi connectivity index (χ3n) is 8.19. The largest absolute Gasteiger partial charge is 0.489 e. The maximum absolute atomic E-state index is 13.9. The molecule has 8 nitrogen and oxygen atoms in total. The molecule has 6 rings (SSSR count). The Hall–Kier alpha value is -4.68. The van der Waals surface area contributed by atoms with E-state index in [1.165, 1.54) is 0 Å². The molecule has 4 aromatic carbocycles. The van der Waals surface area contributed by atoms with Gasteiger partial charge in [0.2, 0.25) is 15.9 Å². The van der Waals surface area contributed by atoms with Crippen LogP contribution in [0.3, 0.4) is 0 Å². The topological polar surface area (TPSA) is 104 Å². The highest BCUT2D eigenvalue weighted by Gasteiger charge is 2.40. The molecule has 0 saturated carbocycles. The molecule has 0 aliphatic carbocycles. The van der Waals surface area contributed by atoms with Crippen LogP contribution >= 0.6 is 0 Å². The number of imidazole rings is 1. The van der Waals surface area contributed by atoms with Crippen molar-refractivity contribution in [3.05, 3.63) is 126 Å². The first-order valence-corrected chi connectivity index (χ1v) is 16.7. The van der Waals surface area contributed by atoms with E-state index in [2.05, 4.69) is 10.3 Å². The molecule has 1 amide bonds. The number of piperidine rings is 1. The maximum atomic E-state index is 13.9. The van der Waals surface area contributed by atoms with Crippen LogP contribution in [0.5, 0.6) is 5.75 Å². The fourth-order valence-electron chi connectivity index (χ4n) is 5.74. The smallest absolute Gasteiger partial charge is 0.416 e. The van der Waals surface area contributed by atoms with E-state index in [1.807, 2.05) is 78.9 Å². The van der Waals surface area contributed by atoms with E-state index in [-0.39, 0.29) is 13.0 Å². The Labute approximate surface area is 270 Å². The zero-order valence-electron chi connectivity index (χ0n) is 25.3. The van der Waals surface area contributed by atoms with E-state index in [9.17, 15) is 26.4 Å². The molecule has 1 saturated heterocycles. The Morgan fingerprint density at radius 1 is 0.936 bits per heavy atom. The lowest BCUT2D eigenvalue weighted by atomic mass is 10.0. The molecular weight excluding hydrogens is 629 g/mol. The van der Waals surface area contributed by atoms with Gasteiger partial charge in [0.25, 0.3) is 0 Å². The van der Waals surface area contributed by atoms with E-state index >= 15 is 0 Å². The van der Waals surface area contributed by atoms with Crippen molar-refractivity contribution in [3.8, 4) is 5.75 Å². The molecule has 0 radical (unpaired) electrons. The van der Waals surface area contributed by atoms with Crippen molar-refractivity contribution >= 4 is 27.0 Å². The van der Waals surface area contributed by atoms with Crippen molar-refractivity contribution in [2.24, 2.45) is 0 Å². The molecule has 1 aliphatic heterocycles. The number of hydrogen-bond donors (Lipinski definition) is 2. The van der Waals surface area contributed by atoms with Crippen LogP contribution in [0.1, 0.15) is 47.8 Å². The van der Waals surface area contributed by atoms with E-state index < -0.39 is 44.6 Å². The molecule has 2 N–H and O–H groups in total. The monoisotopic (exact) mass is 662 g/mol. The fourth-order valence-corrected chi connectivity index (χ4v) is 7.45. The Morgan fingerprint density at radius 3 is 2.43 bits per heavy atom. The number of aromatic amines is 1. The van der Waals surface area contributed by atoms with Crippen molar-refractivity contribution < 1.29 is 31.1 Å². The van der Waals surface area contributed by atoms with Gasteiger partial charge >= 0.3 is 6.18 Å². The fraction of sp³-hybridized carbons (Fsp3) is 0.257. The molecule has 47 heavy (non-hydrogen) atoms. The van der Waals surface area contributed by atoms with Crippen molar-refractivity contribution in [2.45, 2.75) is 55.4 Å². The number of rotatable bonds is 10. The number of carbonyl (C=O) groups excluding carboxylic acids is 1. The van der Waals surface area contributed by atoms with Gasteiger partial charge in [-0.1, -0.05) is 67.1 Å². The molecule has 2 heterocycles. The summed E-state index contributed by atoms with van der Waals surface area (Å²) >= 11 is 0. The van der Waals surface area contributed by atoms with Gasteiger partial charge < -0.3 is 15.0 Å². The Morgan fingerprint density at radius 2 is 1.68 bits per heavy atom. The number of fused-ring (bicyclic) bond motifs is 1. The van der Waals surface area contributed by atoms with Crippen molar-refractivity contribution in [1.82, 2.24) is 19.6 Å². The van der Waals surface area contributed by atoms with Crippen LogP contribution in [0.15, 0.2) is 108 Å². The number of amides is 1. The highest BCUT2D eigenvalue weighted by molar-refractivity contribution is 7.89. The van der Waals surface area contributed by atoms with Gasteiger partial charge in [-0.2, -0.15) is 17.5 Å². The summed E-state index contributed by atoms with van der Waals surface area (Å²) in [6.45, 7) is 0.426. The summed E-state index contributed by atoms with van der Waals surface area (Å²) in [4.78, 5) is 21.4. The second-order valence-corrected chi connectivity index (χ2v) is 13.4. The Kier molecular flexibility index (Phi) is 9.33. The van der Waals surface area contributed by atoms with Gasteiger partial charge in [-0.3, -0.25) is 4.79 Å². The zero-order valence-corrected chi connectivity index (χ0v) is 26.1. The van der Waals surface area contributed by atoms with Gasteiger partial charge in [-0.05, 0) is 72.9 Å². The minimum atomic E-state index is -4.71. The summed E-state index contributed by atoms with van der Waals surface area (Å²) in [5, 5.41) is 3.01. The molecular formula is C35H33F3N4O4S. The summed E-state index contributed by atoms with van der Waals surface area (Å²) in [7, 11) is -4.41. The number of carbonyl (C=O) groups is 1. The minimum absolute atomic E-state index is 0.0103. The van der Waals surface area contributed by atoms with Crippen LogP contribution in [0.2, 0.25) is 0 Å². The lowest BCUT2D eigenvalue weighted by molar-refractivity contribution is -0.137. The molecule has 12 heteroatoms. The van der Waals surface area contributed by atoms with Crippen molar-refractivity contribution in [2.75, 3.05) is 6.54 Å². The van der Waals surface area contributed by atoms with Crippen LogP contribution in [0, 0.1) is 0 Å². The van der Waals surface area contributed by atoms with E-state index in [4.69, 9.17) is 9.72 Å². The molecule has 1 aromatic heterocycles. The second-order valence-electron chi connectivity index (χ2n) is 11.5. The summed E-state index contributed by atoms with van der Waals surface area (Å²) in [5.41, 5.74) is 2.32. The zero-order chi connectivity index (χ0) is 33.0. The van der Waals surface area contributed by atoms with Gasteiger partial charge in [-0.25, -0.2) is 13.4 Å². The average molecular weight is 663 g/mol. The van der Waals surface area contributed by atoms with Gasteiger partial charge in [-0.15, -0.1) is 0 Å². The van der Waals surface area contributed by atoms with E-state index in [0.717, 1.165) is 39.1 Å². The predicted molar refractivity (Wildman–Crippen MR) is 171 cm³/mol. The van der Waals surface area contributed by atoms with Crippen molar-refractivity contribution in [1.29, 1.82) is 0 Å². The van der Waals surface area contributed by atoms with Gasteiger partial charge in [0.05, 0.1) is 27.5 Å². The average Bonchev–Trinajstić information content (AvgIpc) is 3.52. The number of H-pyrrole nitrogens is 1. The van der Waals surface area contributed by atoms with E-state index in [0.29, 0.717) is 49.0 Å². The number of nitrogens with zero attached hydrogens (tertiary/aromatic N) is 2. The maximum Gasteiger partial charge on any atom is 0.416 e. The normalized spacial score (nSPS) is 16.5. The van der Waals surface area contributed by atoms with Crippen LogP contribution < -0.4 is 10.1 Å². The highest BCUT2D eigenvalue weighted by atomic mass is 32.2. The van der Waals surface area contributed by atoms with Gasteiger partial charge in [0.1, 0.15) is 24.2 Å². The van der Waals surface area contributed by atoms with Crippen LogP contribution in [-0.2, 0) is 34.0 Å². The Bertz CT molecular complexity index is 1910. The standard InChI is InChI=1S/C35H33F3N4O4S/c36-35(37,38)26-11-8-12-28(22-26)47(44,45)42-20-7-6-15-32(42)34(43)41-31(33-39-29-13-4-5-14-30(29)40-33)21-24-16-18-27(19-17-24)46-23-25-9-2-1-3-10-25/h1-5,8-14,16-19,22,31-32H,6-7,15,20-21,23H2,(H,39,40)(H,41,43)/t31-,32-/m0/s1. The molecule has 0 spiro atoms. The number of halogens is 3. The summed E-state index contributed by atoms with van der Waals surface area (Å²) < 4.78 is 74.5. The number of hydrogen-bond acceptors (Lipinski definition) is 5. The second kappa shape index (κ2) is 13.6.